The summed E-state index contributed by atoms with van der Waals surface area (Å²) in [6.07, 6.45) is 0. The van der Waals surface area contributed by atoms with Crippen molar-refractivity contribution in [3.63, 3.8) is 0 Å². The van der Waals surface area contributed by atoms with E-state index in [4.69, 9.17) is 13.1 Å². The van der Waals surface area contributed by atoms with Gasteiger partial charge in [0.2, 0.25) is 0 Å². The molecule has 2 aromatic carbocycles. The van der Waals surface area contributed by atoms with Gasteiger partial charge in [-0.25, -0.2) is 9.07 Å². The first-order valence-corrected chi connectivity index (χ1v) is 6.71. The molecule has 104 valence electrons. The molecule has 0 N–H and O–H groups in total. The zero-order valence-electron chi connectivity index (χ0n) is 11.9. The van der Waals surface area contributed by atoms with Crippen LogP contribution in [0.15, 0.2) is 48.5 Å². The van der Waals surface area contributed by atoms with Crippen LogP contribution in [-0.4, -0.2) is 17.6 Å². The Bertz CT molecular complexity index is 876. The Morgan fingerprint density at radius 3 is 2.50 bits per heavy atom. The summed E-state index contributed by atoms with van der Waals surface area (Å²) >= 11 is 0. The van der Waals surface area contributed by atoms with Crippen LogP contribution in [0.4, 0.5) is 4.39 Å². The van der Waals surface area contributed by atoms with Crippen LogP contribution in [0.2, 0.25) is 0 Å². The fraction of sp³-hybridized carbons (Fsp3) is 0.0588. The number of benzene rings is 2. The first-order chi connectivity index (χ1) is 10.6. The second kappa shape index (κ2) is 5.49. The molecule has 3 aromatic rings. The van der Waals surface area contributed by atoms with Crippen molar-refractivity contribution in [1.82, 2.24) is 9.78 Å². The zero-order valence-corrected chi connectivity index (χ0v) is 11.9. The number of hydrogen-bond acceptors (Lipinski definition) is 2. The van der Waals surface area contributed by atoms with Crippen LogP contribution in [-0.2, 0) is 0 Å². The molecule has 3 rings (SSSR count). The Morgan fingerprint density at radius 2 is 1.86 bits per heavy atom. The van der Waals surface area contributed by atoms with Gasteiger partial charge in [0.25, 0.3) is 0 Å². The Morgan fingerprint density at radius 1 is 1.14 bits per heavy atom. The van der Waals surface area contributed by atoms with Gasteiger partial charge in [-0.15, -0.1) is 0 Å². The fourth-order valence-electron chi connectivity index (χ4n) is 2.25. The first-order valence-electron chi connectivity index (χ1n) is 6.71. The SMILES string of the molecule is [B]c1cc(-c2ccc(C#N)c(F)c2)n(-c2ccc(C)cc2)n1. The van der Waals surface area contributed by atoms with Gasteiger partial charge >= 0.3 is 0 Å². The van der Waals surface area contributed by atoms with Crippen LogP contribution >= 0.6 is 0 Å². The third kappa shape index (κ3) is 2.51. The number of rotatable bonds is 2. The van der Waals surface area contributed by atoms with Crippen molar-refractivity contribution < 1.29 is 4.39 Å². The van der Waals surface area contributed by atoms with E-state index in [1.165, 1.54) is 12.1 Å². The van der Waals surface area contributed by atoms with E-state index in [-0.39, 0.29) is 5.56 Å². The molecule has 0 saturated carbocycles. The van der Waals surface area contributed by atoms with Gasteiger partial charge in [-0.05, 0) is 37.3 Å². The van der Waals surface area contributed by atoms with E-state index in [1.54, 1.807) is 16.8 Å². The normalized spacial score (nSPS) is 10.4. The van der Waals surface area contributed by atoms with Crippen molar-refractivity contribution in [1.29, 1.82) is 5.26 Å². The molecule has 5 heteroatoms. The maximum absolute atomic E-state index is 13.8. The summed E-state index contributed by atoms with van der Waals surface area (Å²) in [6.45, 7) is 2.00. The number of nitriles is 1. The number of halogens is 1. The van der Waals surface area contributed by atoms with Gasteiger partial charge in [-0.2, -0.15) is 10.4 Å². The molecular formula is C17H11BFN3. The average Bonchev–Trinajstić information content (AvgIpc) is 2.90. The number of aryl methyl sites for hydroxylation is 1. The van der Waals surface area contributed by atoms with Gasteiger partial charge in [0.15, 0.2) is 0 Å². The Balaban J connectivity index is 2.14. The lowest BCUT2D eigenvalue weighted by atomic mass is 10.0. The van der Waals surface area contributed by atoms with Gasteiger partial charge in [-0.3, -0.25) is 0 Å². The third-order valence-corrected chi connectivity index (χ3v) is 3.39. The molecule has 0 amide bonds. The van der Waals surface area contributed by atoms with Crippen LogP contribution in [0.25, 0.3) is 16.9 Å². The average molecular weight is 287 g/mol. The summed E-state index contributed by atoms with van der Waals surface area (Å²) in [7, 11) is 5.80. The van der Waals surface area contributed by atoms with Crippen LogP contribution in [0.3, 0.4) is 0 Å². The van der Waals surface area contributed by atoms with Crippen molar-refractivity contribution >= 4 is 13.4 Å². The highest BCUT2D eigenvalue weighted by Crippen LogP contribution is 2.23. The highest BCUT2D eigenvalue weighted by atomic mass is 19.1. The Labute approximate surface area is 129 Å². The maximum atomic E-state index is 13.8. The van der Waals surface area contributed by atoms with E-state index in [0.717, 1.165) is 11.3 Å². The van der Waals surface area contributed by atoms with E-state index in [1.807, 2.05) is 37.3 Å². The number of nitrogens with zero attached hydrogens (tertiary/aromatic N) is 3. The lowest BCUT2D eigenvalue weighted by molar-refractivity contribution is 0.624. The predicted octanol–water partition coefficient (Wildman–Crippen LogP) is 2.65. The molecule has 0 aliphatic heterocycles. The van der Waals surface area contributed by atoms with Crippen molar-refractivity contribution in [2.75, 3.05) is 0 Å². The van der Waals surface area contributed by atoms with Crippen molar-refractivity contribution in [2.24, 2.45) is 0 Å². The summed E-state index contributed by atoms with van der Waals surface area (Å²) in [4.78, 5) is 0. The van der Waals surface area contributed by atoms with Gasteiger partial charge in [0.1, 0.15) is 19.7 Å². The standard InChI is InChI=1S/C17H11BFN3/c1-11-2-6-14(7-3-11)22-16(9-17(18)21-22)12-4-5-13(10-20)15(19)8-12/h2-9H,1H3. The molecular weight excluding hydrogens is 276 g/mol. The minimum absolute atomic E-state index is 0.0122. The highest BCUT2D eigenvalue weighted by Gasteiger charge is 2.12. The lowest BCUT2D eigenvalue weighted by Crippen LogP contribution is -2.06. The largest absolute Gasteiger partial charge is 0.234 e. The monoisotopic (exact) mass is 287 g/mol. The Hall–Kier alpha value is -2.87. The quantitative estimate of drug-likeness (QED) is 0.680. The maximum Gasteiger partial charge on any atom is 0.144 e. The van der Waals surface area contributed by atoms with Gasteiger partial charge in [0, 0.05) is 11.2 Å². The van der Waals surface area contributed by atoms with Crippen LogP contribution in [0.1, 0.15) is 11.1 Å². The molecule has 0 saturated heterocycles. The minimum atomic E-state index is -0.560. The molecule has 1 aromatic heterocycles. The van der Waals surface area contributed by atoms with E-state index in [0.29, 0.717) is 16.9 Å². The van der Waals surface area contributed by atoms with Crippen molar-refractivity contribution in [2.45, 2.75) is 6.92 Å². The summed E-state index contributed by atoms with van der Waals surface area (Å²) < 4.78 is 15.5. The Kier molecular flexibility index (Phi) is 3.52. The second-order valence-corrected chi connectivity index (χ2v) is 5.01. The van der Waals surface area contributed by atoms with Gasteiger partial charge < -0.3 is 0 Å². The summed E-state index contributed by atoms with van der Waals surface area (Å²) in [6, 6.07) is 15.7. The van der Waals surface area contributed by atoms with Crippen LogP contribution in [0.5, 0.6) is 0 Å². The van der Waals surface area contributed by atoms with Crippen molar-refractivity contribution in [3.05, 3.63) is 65.5 Å². The molecule has 3 nitrogen and oxygen atoms in total. The van der Waals surface area contributed by atoms with Crippen molar-refractivity contribution in [3.8, 4) is 23.0 Å². The molecule has 0 aliphatic carbocycles. The third-order valence-electron chi connectivity index (χ3n) is 3.39. The molecule has 1 heterocycles. The number of hydrogen-bond donors (Lipinski definition) is 0. The molecule has 0 fully saturated rings. The minimum Gasteiger partial charge on any atom is -0.234 e. The smallest absolute Gasteiger partial charge is 0.144 e. The molecule has 22 heavy (non-hydrogen) atoms. The van der Waals surface area contributed by atoms with Gasteiger partial charge in [-0.1, -0.05) is 23.8 Å². The fourth-order valence-corrected chi connectivity index (χ4v) is 2.25. The predicted molar refractivity (Wildman–Crippen MR) is 83.8 cm³/mol. The second-order valence-electron chi connectivity index (χ2n) is 5.01. The van der Waals surface area contributed by atoms with E-state index in [9.17, 15) is 4.39 Å². The molecule has 2 radical (unpaired) electrons. The van der Waals surface area contributed by atoms with E-state index >= 15 is 0 Å². The topological polar surface area (TPSA) is 41.6 Å². The highest BCUT2D eigenvalue weighted by molar-refractivity contribution is 6.31. The summed E-state index contributed by atoms with van der Waals surface area (Å²) in [5.74, 6) is -0.560. The molecule has 0 aliphatic rings. The van der Waals surface area contributed by atoms with Crippen LogP contribution in [0, 0.1) is 24.1 Å². The molecule has 0 bridgehead atoms. The van der Waals surface area contributed by atoms with Crippen LogP contribution < -0.4 is 5.59 Å². The zero-order chi connectivity index (χ0) is 15.7. The summed E-state index contributed by atoms with van der Waals surface area (Å²) in [5, 5.41) is 13.1. The summed E-state index contributed by atoms with van der Waals surface area (Å²) in [5.41, 5.74) is 3.61. The molecule has 0 spiro atoms. The molecule has 0 unspecified atom stereocenters. The number of aromatic nitrogens is 2. The lowest BCUT2D eigenvalue weighted by Gasteiger charge is -2.08. The van der Waals surface area contributed by atoms with Gasteiger partial charge in [0.05, 0.1) is 16.9 Å². The van der Waals surface area contributed by atoms with E-state index < -0.39 is 5.82 Å². The molecule has 0 atom stereocenters. The van der Waals surface area contributed by atoms with E-state index in [2.05, 4.69) is 5.10 Å². The first kappa shape index (κ1) is 14.1.